The molecule has 2 amide bonds. The largest absolute Gasteiger partial charge is 0.507 e. The van der Waals surface area contributed by atoms with Crippen LogP contribution in [0.5, 0.6) is 5.75 Å². The number of halogens is 3. The van der Waals surface area contributed by atoms with E-state index in [1.807, 2.05) is 0 Å². The second-order valence-corrected chi connectivity index (χ2v) is 10.6. The van der Waals surface area contributed by atoms with E-state index in [4.69, 9.17) is 0 Å². The number of pyridine rings is 2. The Labute approximate surface area is 243 Å². The molecule has 0 saturated carbocycles. The van der Waals surface area contributed by atoms with Crippen LogP contribution >= 0.6 is 0 Å². The Balaban J connectivity index is 1.65. The van der Waals surface area contributed by atoms with Crippen molar-refractivity contribution < 1.29 is 27.9 Å². The third kappa shape index (κ3) is 4.41. The molecule has 1 N–H and O–H groups in total. The number of hydrogen-bond donors (Lipinski definition) is 1. The monoisotopic (exact) mass is 589 g/mol. The molecule has 0 radical (unpaired) electrons. The van der Waals surface area contributed by atoms with Crippen molar-refractivity contribution in [1.29, 1.82) is 0 Å². The van der Waals surface area contributed by atoms with Crippen molar-refractivity contribution in [2.24, 2.45) is 0 Å². The average molecular weight is 590 g/mol. The first-order valence-corrected chi connectivity index (χ1v) is 13.5. The predicted molar refractivity (Wildman–Crippen MR) is 154 cm³/mol. The number of phenolic OH excluding ortho intramolecular Hbond substituents is 1. The van der Waals surface area contributed by atoms with E-state index in [0.717, 1.165) is 12.1 Å². The summed E-state index contributed by atoms with van der Waals surface area (Å²) < 4.78 is 45.7. The van der Waals surface area contributed by atoms with E-state index in [2.05, 4.69) is 11.6 Å². The van der Waals surface area contributed by atoms with Crippen LogP contribution < -0.4 is 15.4 Å². The number of aromatic hydroxyl groups is 1. The molecule has 12 heteroatoms. The number of phenols is 1. The first-order valence-electron chi connectivity index (χ1n) is 13.5. The zero-order chi connectivity index (χ0) is 30.7. The van der Waals surface area contributed by atoms with Gasteiger partial charge in [0, 0.05) is 25.0 Å². The quantitative estimate of drug-likeness (QED) is 0.364. The molecule has 0 bridgehead atoms. The van der Waals surface area contributed by atoms with Crippen LogP contribution in [-0.4, -0.2) is 63.6 Å². The minimum Gasteiger partial charge on any atom is -0.507 e. The summed E-state index contributed by atoms with van der Waals surface area (Å²) in [5.74, 6) is -3.70. The number of rotatable bonds is 4. The number of hydrogen-bond acceptors (Lipinski definition) is 6. The maximum Gasteiger partial charge on any atom is 0.278 e. The lowest BCUT2D eigenvalue weighted by atomic mass is 9.98. The summed E-state index contributed by atoms with van der Waals surface area (Å²) >= 11 is 0. The Kier molecular flexibility index (Phi) is 6.71. The number of carbonyl (C=O) groups excluding carboxylic acids is 2. The van der Waals surface area contributed by atoms with Crippen molar-refractivity contribution in [2.75, 3.05) is 29.9 Å². The standard InChI is InChI=1S/C31H26F3N5O4/c1-4-24(41)37-15-22-30(42)36(3)28-27(38(22)13-16(37)2)19-12-21(34)26(25-20(33)6-5-7-23(25)40)35-29(19)39(31(28)43)14-17-8-10-18(32)11-9-17/h4-12,16,22,40H,1,13-15H2,2-3H3/t16-,22-/m1/s1. The smallest absolute Gasteiger partial charge is 0.278 e. The van der Waals surface area contributed by atoms with Gasteiger partial charge in [-0.1, -0.05) is 24.8 Å². The third-order valence-electron chi connectivity index (χ3n) is 8.06. The van der Waals surface area contributed by atoms with Gasteiger partial charge in [0.2, 0.25) is 5.91 Å². The van der Waals surface area contributed by atoms with Crippen LogP contribution in [0, 0.1) is 17.5 Å². The lowest BCUT2D eigenvalue weighted by Gasteiger charge is -2.49. The van der Waals surface area contributed by atoms with Crippen molar-refractivity contribution in [3.8, 4) is 17.0 Å². The molecular weight excluding hydrogens is 563 g/mol. The van der Waals surface area contributed by atoms with Crippen molar-refractivity contribution in [1.82, 2.24) is 14.5 Å². The highest BCUT2D eigenvalue weighted by atomic mass is 19.1. The number of benzene rings is 2. The van der Waals surface area contributed by atoms with E-state index in [1.165, 1.54) is 63.9 Å². The first-order chi connectivity index (χ1) is 20.5. The molecule has 2 atom stereocenters. The van der Waals surface area contributed by atoms with Gasteiger partial charge in [-0.05, 0) is 48.9 Å². The zero-order valence-electron chi connectivity index (χ0n) is 23.2. The summed E-state index contributed by atoms with van der Waals surface area (Å²) in [6.45, 7) is 5.35. The van der Waals surface area contributed by atoms with Gasteiger partial charge in [0.25, 0.3) is 11.5 Å². The van der Waals surface area contributed by atoms with Gasteiger partial charge in [0.15, 0.2) is 5.82 Å². The number of likely N-dealkylation sites (N-methyl/N-ethyl adjacent to an activating group) is 1. The van der Waals surface area contributed by atoms with Gasteiger partial charge in [-0.2, -0.15) is 0 Å². The van der Waals surface area contributed by atoms with Crippen LogP contribution in [0.15, 0.2) is 66.0 Å². The number of anilines is 2. The van der Waals surface area contributed by atoms with Crippen molar-refractivity contribution in [2.45, 2.75) is 25.6 Å². The van der Waals surface area contributed by atoms with Gasteiger partial charge >= 0.3 is 0 Å². The summed E-state index contributed by atoms with van der Waals surface area (Å²) in [5, 5.41) is 10.6. The molecule has 1 fully saturated rings. The van der Waals surface area contributed by atoms with Crippen LogP contribution in [0.1, 0.15) is 12.5 Å². The molecule has 2 aliphatic heterocycles. The van der Waals surface area contributed by atoms with Gasteiger partial charge < -0.3 is 19.8 Å². The molecular formula is C31H26F3N5O4. The number of aromatic nitrogens is 2. The minimum absolute atomic E-state index is 0.00584. The third-order valence-corrected chi connectivity index (χ3v) is 8.06. The van der Waals surface area contributed by atoms with Crippen LogP contribution in [0.4, 0.5) is 24.5 Å². The maximum absolute atomic E-state index is 15.9. The number of piperazine rings is 1. The molecule has 2 aliphatic rings. The summed E-state index contributed by atoms with van der Waals surface area (Å²) in [4.78, 5) is 49.2. The maximum atomic E-state index is 15.9. The number of nitrogens with zero attached hydrogens (tertiary/aromatic N) is 5. The van der Waals surface area contributed by atoms with Crippen LogP contribution in [-0.2, 0) is 16.1 Å². The number of fused-ring (bicyclic) bond motifs is 5. The fourth-order valence-electron chi connectivity index (χ4n) is 5.94. The van der Waals surface area contributed by atoms with Crippen molar-refractivity contribution in [3.63, 3.8) is 0 Å². The molecule has 43 heavy (non-hydrogen) atoms. The summed E-state index contributed by atoms with van der Waals surface area (Å²) in [6, 6.07) is 8.74. The summed E-state index contributed by atoms with van der Waals surface area (Å²) in [7, 11) is 1.43. The molecule has 0 aliphatic carbocycles. The van der Waals surface area contributed by atoms with E-state index in [9.17, 15) is 28.3 Å². The summed E-state index contributed by atoms with van der Waals surface area (Å²) in [6.07, 6.45) is 1.17. The summed E-state index contributed by atoms with van der Waals surface area (Å²) in [5.41, 5.74) is -0.923. The van der Waals surface area contributed by atoms with Gasteiger partial charge in [0.05, 0.1) is 24.3 Å². The van der Waals surface area contributed by atoms with E-state index in [1.54, 1.807) is 11.8 Å². The molecule has 2 aromatic carbocycles. The van der Waals surface area contributed by atoms with Crippen molar-refractivity contribution in [3.05, 3.63) is 94.6 Å². The molecule has 1 saturated heterocycles. The highest BCUT2D eigenvalue weighted by molar-refractivity contribution is 6.11. The molecule has 2 aromatic heterocycles. The highest BCUT2D eigenvalue weighted by Crippen LogP contribution is 2.42. The van der Waals surface area contributed by atoms with E-state index in [-0.39, 0.29) is 47.9 Å². The molecule has 9 nitrogen and oxygen atoms in total. The van der Waals surface area contributed by atoms with Gasteiger partial charge in [-0.3, -0.25) is 19.0 Å². The fraction of sp³-hybridized carbons (Fsp3) is 0.226. The second kappa shape index (κ2) is 10.3. The normalized spacial score (nSPS) is 18.1. The Morgan fingerprint density at radius 3 is 2.47 bits per heavy atom. The van der Waals surface area contributed by atoms with Crippen LogP contribution in [0.3, 0.4) is 0 Å². The lowest BCUT2D eigenvalue weighted by Crippen LogP contribution is -2.66. The van der Waals surface area contributed by atoms with Gasteiger partial charge in [0.1, 0.15) is 40.5 Å². The van der Waals surface area contributed by atoms with Gasteiger partial charge in [-0.25, -0.2) is 18.2 Å². The number of carbonyl (C=O) groups is 2. The first kappa shape index (κ1) is 28.0. The molecule has 0 unspecified atom stereocenters. The minimum atomic E-state index is -0.966. The van der Waals surface area contributed by atoms with E-state index >= 15 is 4.39 Å². The molecule has 220 valence electrons. The van der Waals surface area contributed by atoms with Crippen LogP contribution in [0.25, 0.3) is 22.3 Å². The zero-order valence-corrected chi connectivity index (χ0v) is 23.2. The molecule has 0 spiro atoms. The highest BCUT2D eigenvalue weighted by Gasteiger charge is 2.46. The predicted octanol–water partition coefficient (Wildman–Crippen LogP) is 3.80. The average Bonchev–Trinajstić information content (AvgIpc) is 2.98. The van der Waals surface area contributed by atoms with Gasteiger partial charge in [-0.15, -0.1) is 0 Å². The Morgan fingerprint density at radius 1 is 1.07 bits per heavy atom. The fourth-order valence-corrected chi connectivity index (χ4v) is 5.94. The molecule has 4 heterocycles. The SMILES string of the molecule is C=CC(=O)N1C[C@@H]2C(=O)N(C)c3c(c4cc(F)c(-c5c(O)cccc5F)nc4n(Cc4ccc(F)cc4)c3=O)N2C[C@H]1C. The van der Waals surface area contributed by atoms with E-state index < -0.39 is 58.0 Å². The molecule has 4 aromatic rings. The van der Waals surface area contributed by atoms with Crippen LogP contribution in [0.2, 0.25) is 0 Å². The van der Waals surface area contributed by atoms with E-state index in [0.29, 0.717) is 5.56 Å². The Morgan fingerprint density at radius 2 is 1.79 bits per heavy atom. The Bertz CT molecular complexity index is 1870. The second-order valence-electron chi connectivity index (χ2n) is 10.6. The number of amides is 2. The van der Waals surface area contributed by atoms with Crippen molar-refractivity contribution >= 4 is 34.2 Å². The lowest BCUT2D eigenvalue weighted by molar-refractivity contribution is -0.130. The molecule has 6 rings (SSSR count). The Hall–Kier alpha value is -5.13. The topological polar surface area (TPSA) is 99.0 Å².